The highest BCUT2D eigenvalue weighted by molar-refractivity contribution is 5.82. The highest BCUT2D eigenvalue weighted by Crippen LogP contribution is 2.16. The summed E-state index contributed by atoms with van der Waals surface area (Å²) in [6.45, 7) is 4.06. The first-order valence-corrected chi connectivity index (χ1v) is 5.79. The molecule has 0 aliphatic heterocycles. The first-order chi connectivity index (χ1) is 9.70. The van der Waals surface area contributed by atoms with E-state index in [0.717, 1.165) is 22.3 Å². The molecule has 0 spiro atoms. The normalized spacial score (nSPS) is 11.3. The lowest BCUT2D eigenvalue weighted by atomic mass is 10.0. The molecule has 2 aromatic rings. The Morgan fingerprint density at radius 2 is 2.00 bits per heavy atom. The molecule has 0 unspecified atom stereocenters. The molecular formula is C12H14N4O4. The van der Waals surface area contributed by atoms with Crippen LogP contribution in [0.2, 0.25) is 0 Å². The second-order valence-corrected chi connectivity index (χ2v) is 4.13. The lowest BCUT2D eigenvalue weighted by molar-refractivity contribution is -0.626. The van der Waals surface area contributed by atoms with Crippen molar-refractivity contribution in [1.82, 2.24) is 14.9 Å². The predicted octanol–water partition coefficient (Wildman–Crippen LogP) is 1.63. The molecular weight excluding hydrogens is 264 g/mol. The van der Waals surface area contributed by atoms with Gasteiger partial charge in [-0.3, -0.25) is 0 Å². The molecule has 0 saturated carbocycles. The van der Waals surface area contributed by atoms with E-state index in [-0.39, 0.29) is 6.61 Å². The molecule has 8 nitrogen and oxygen atoms in total. The molecule has 1 aromatic carbocycles. The van der Waals surface area contributed by atoms with E-state index in [1.165, 1.54) is 17.3 Å². The molecule has 0 aliphatic carbocycles. The molecule has 1 N–H and O–H groups in total. The largest absolute Gasteiger partial charge is 0.219 e. The van der Waals surface area contributed by atoms with E-state index in [1.54, 1.807) is 6.21 Å². The molecule has 106 valence electrons. The summed E-state index contributed by atoms with van der Waals surface area (Å²) in [5.74, 6) is 0. The minimum Gasteiger partial charge on any atom is -0.219 e. The van der Waals surface area contributed by atoms with Gasteiger partial charge in [0.15, 0.2) is 0 Å². The van der Waals surface area contributed by atoms with Crippen LogP contribution >= 0.6 is 0 Å². The number of aromatic nitrogens is 3. The van der Waals surface area contributed by atoms with Crippen LogP contribution in [0.1, 0.15) is 22.3 Å². The van der Waals surface area contributed by atoms with Gasteiger partial charge in [-0.25, -0.2) is 9.93 Å². The molecule has 0 atom stereocenters. The van der Waals surface area contributed by atoms with Crippen LogP contribution < -0.4 is 0 Å². The number of rotatable bonds is 6. The number of hydrogen-bond acceptors (Lipinski definition) is 7. The standard InChI is InChI=1S/C12H14N4O4/c1-9-4-12(6-18-20-19-17)10(2)3-11(9)5-15-16-7-13-14-8-16/h3-5,7-8,17H,6H2,1-2H3/b15-5+. The van der Waals surface area contributed by atoms with Crippen molar-refractivity contribution in [3.63, 3.8) is 0 Å². The molecule has 1 heterocycles. The van der Waals surface area contributed by atoms with Gasteiger partial charge in [-0.2, -0.15) is 9.99 Å². The van der Waals surface area contributed by atoms with E-state index >= 15 is 0 Å². The van der Waals surface area contributed by atoms with Crippen molar-refractivity contribution in [2.24, 2.45) is 5.10 Å². The van der Waals surface area contributed by atoms with Crippen molar-refractivity contribution in [2.75, 3.05) is 0 Å². The third-order valence-corrected chi connectivity index (χ3v) is 2.75. The number of benzene rings is 1. The summed E-state index contributed by atoms with van der Waals surface area (Å²) in [4.78, 5) is 4.64. The smallest absolute Gasteiger partial charge is 0.141 e. The topological polar surface area (TPSA) is 91.0 Å². The van der Waals surface area contributed by atoms with Gasteiger partial charge in [0.2, 0.25) is 0 Å². The zero-order chi connectivity index (χ0) is 14.4. The highest BCUT2D eigenvalue weighted by atomic mass is 17.6. The SMILES string of the molecule is Cc1cc(COOOO)c(C)cc1/C=N/n1cnnc1. The fraction of sp³-hybridized carbons (Fsp3) is 0.250. The van der Waals surface area contributed by atoms with Crippen LogP contribution in [0.25, 0.3) is 0 Å². The fourth-order valence-corrected chi connectivity index (χ4v) is 1.69. The predicted molar refractivity (Wildman–Crippen MR) is 68.5 cm³/mol. The maximum absolute atomic E-state index is 8.00. The molecule has 20 heavy (non-hydrogen) atoms. The van der Waals surface area contributed by atoms with Crippen molar-refractivity contribution in [3.8, 4) is 0 Å². The summed E-state index contributed by atoms with van der Waals surface area (Å²) in [5, 5.41) is 26.9. The minimum atomic E-state index is 0.163. The van der Waals surface area contributed by atoms with Crippen molar-refractivity contribution in [3.05, 3.63) is 47.0 Å². The van der Waals surface area contributed by atoms with Crippen LogP contribution in [-0.2, 0) is 21.6 Å². The third-order valence-electron chi connectivity index (χ3n) is 2.75. The van der Waals surface area contributed by atoms with Gasteiger partial charge in [0.1, 0.15) is 19.3 Å². The van der Waals surface area contributed by atoms with E-state index in [2.05, 4.69) is 30.3 Å². The molecule has 0 fully saturated rings. The van der Waals surface area contributed by atoms with Crippen molar-refractivity contribution >= 4 is 6.21 Å². The molecule has 1 aromatic heterocycles. The van der Waals surface area contributed by atoms with Gasteiger partial charge in [-0.1, -0.05) is 6.07 Å². The lowest BCUT2D eigenvalue weighted by Crippen LogP contribution is -2.00. The van der Waals surface area contributed by atoms with E-state index in [9.17, 15) is 0 Å². The van der Waals surface area contributed by atoms with E-state index in [4.69, 9.17) is 5.26 Å². The number of nitrogens with zero attached hydrogens (tertiary/aromatic N) is 4. The highest BCUT2D eigenvalue weighted by Gasteiger charge is 2.04. The maximum Gasteiger partial charge on any atom is 0.141 e. The van der Waals surface area contributed by atoms with E-state index < -0.39 is 0 Å². The fourth-order valence-electron chi connectivity index (χ4n) is 1.69. The average molecular weight is 278 g/mol. The van der Waals surface area contributed by atoms with Crippen molar-refractivity contribution < 1.29 is 20.2 Å². The Labute approximate surface area is 115 Å². The molecule has 0 saturated heterocycles. The molecule has 2 rings (SSSR count). The Morgan fingerprint density at radius 3 is 2.70 bits per heavy atom. The van der Waals surface area contributed by atoms with E-state index in [1.807, 2.05) is 26.0 Å². The van der Waals surface area contributed by atoms with Gasteiger partial charge in [0.05, 0.1) is 6.21 Å². The van der Waals surface area contributed by atoms with Crippen LogP contribution in [0.5, 0.6) is 0 Å². The quantitative estimate of drug-likeness (QED) is 0.374. The molecule has 0 aliphatic rings. The minimum absolute atomic E-state index is 0.163. The molecule has 0 bridgehead atoms. The van der Waals surface area contributed by atoms with Gasteiger partial charge in [-0.05, 0) is 52.2 Å². The number of hydrogen-bond donors (Lipinski definition) is 1. The Bertz CT molecular complexity index is 583. The summed E-state index contributed by atoms with van der Waals surface area (Å²) in [7, 11) is 0. The molecule has 0 radical (unpaired) electrons. The summed E-state index contributed by atoms with van der Waals surface area (Å²) < 4.78 is 1.51. The molecule has 0 amide bonds. The van der Waals surface area contributed by atoms with Crippen LogP contribution in [0.4, 0.5) is 0 Å². The van der Waals surface area contributed by atoms with Crippen LogP contribution in [-0.4, -0.2) is 26.3 Å². The van der Waals surface area contributed by atoms with Gasteiger partial charge < -0.3 is 0 Å². The monoisotopic (exact) mass is 278 g/mol. The van der Waals surface area contributed by atoms with Gasteiger partial charge >= 0.3 is 0 Å². The zero-order valence-electron chi connectivity index (χ0n) is 11.1. The second kappa shape index (κ2) is 6.87. The summed E-state index contributed by atoms with van der Waals surface area (Å²) in [6, 6.07) is 3.92. The van der Waals surface area contributed by atoms with Crippen LogP contribution in [0.3, 0.4) is 0 Å². The zero-order valence-corrected chi connectivity index (χ0v) is 11.1. The Morgan fingerprint density at radius 1 is 1.25 bits per heavy atom. The third kappa shape index (κ3) is 3.68. The Hall–Kier alpha value is -2.13. The second-order valence-electron chi connectivity index (χ2n) is 4.13. The van der Waals surface area contributed by atoms with E-state index in [0.29, 0.717) is 0 Å². The Kier molecular flexibility index (Phi) is 4.91. The maximum atomic E-state index is 8.00. The van der Waals surface area contributed by atoms with Crippen molar-refractivity contribution in [1.29, 1.82) is 0 Å². The van der Waals surface area contributed by atoms with Gasteiger partial charge in [0.25, 0.3) is 0 Å². The Balaban J connectivity index is 2.13. The van der Waals surface area contributed by atoms with Crippen LogP contribution in [0.15, 0.2) is 29.9 Å². The molecule has 8 heteroatoms. The van der Waals surface area contributed by atoms with Gasteiger partial charge in [0, 0.05) is 0 Å². The lowest BCUT2D eigenvalue weighted by Gasteiger charge is -2.08. The summed E-state index contributed by atoms with van der Waals surface area (Å²) >= 11 is 0. The van der Waals surface area contributed by atoms with Crippen LogP contribution in [0, 0.1) is 13.8 Å². The van der Waals surface area contributed by atoms with Crippen molar-refractivity contribution in [2.45, 2.75) is 20.5 Å². The van der Waals surface area contributed by atoms with Gasteiger partial charge in [-0.15, -0.1) is 10.2 Å². The average Bonchev–Trinajstić information content (AvgIpc) is 2.94. The summed E-state index contributed by atoms with van der Waals surface area (Å²) in [5.41, 5.74) is 3.92. The first-order valence-electron chi connectivity index (χ1n) is 5.79. The number of aryl methyl sites for hydroxylation is 2. The first kappa shape index (κ1) is 14.3. The summed E-state index contributed by atoms with van der Waals surface area (Å²) in [6.07, 6.45) is 4.74.